The fraction of sp³-hybridized carbons (Fsp3) is 0.750. The van der Waals surface area contributed by atoms with Crippen molar-refractivity contribution in [2.45, 2.75) is 50.2 Å². The molecule has 1 N–H and O–H groups in total. The lowest BCUT2D eigenvalue weighted by Crippen LogP contribution is -2.05. The Morgan fingerprint density at radius 1 is 1.50 bits per heavy atom. The highest BCUT2D eigenvalue weighted by molar-refractivity contribution is 7.99. The molecule has 0 amide bonds. The van der Waals surface area contributed by atoms with Gasteiger partial charge in [-0.25, -0.2) is 4.98 Å². The SMILES string of the molecule is CNCc1sc(CSC(C)C)nc1C1CC1. The van der Waals surface area contributed by atoms with Crippen molar-refractivity contribution in [3.8, 4) is 0 Å². The van der Waals surface area contributed by atoms with Crippen molar-refractivity contribution in [1.29, 1.82) is 0 Å². The maximum absolute atomic E-state index is 4.82. The Hall–Kier alpha value is -0.0600. The number of nitrogens with zero attached hydrogens (tertiary/aromatic N) is 1. The van der Waals surface area contributed by atoms with Crippen molar-refractivity contribution < 1.29 is 0 Å². The van der Waals surface area contributed by atoms with Gasteiger partial charge in [0.2, 0.25) is 0 Å². The summed E-state index contributed by atoms with van der Waals surface area (Å²) >= 11 is 3.88. The highest BCUT2D eigenvalue weighted by Crippen LogP contribution is 2.43. The minimum Gasteiger partial charge on any atom is -0.315 e. The van der Waals surface area contributed by atoms with Gasteiger partial charge in [-0.15, -0.1) is 11.3 Å². The van der Waals surface area contributed by atoms with Gasteiger partial charge in [-0.05, 0) is 25.1 Å². The minimum atomic E-state index is 0.695. The molecule has 0 saturated heterocycles. The van der Waals surface area contributed by atoms with Gasteiger partial charge in [0, 0.05) is 23.1 Å². The Bertz CT molecular complexity index is 343. The monoisotopic (exact) mass is 256 g/mol. The third kappa shape index (κ3) is 3.22. The van der Waals surface area contributed by atoms with Crippen LogP contribution in [0.2, 0.25) is 0 Å². The van der Waals surface area contributed by atoms with Crippen molar-refractivity contribution >= 4 is 23.1 Å². The van der Waals surface area contributed by atoms with E-state index in [2.05, 4.69) is 19.2 Å². The molecule has 1 fully saturated rings. The zero-order valence-corrected chi connectivity index (χ0v) is 11.9. The van der Waals surface area contributed by atoms with Crippen LogP contribution in [-0.4, -0.2) is 17.3 Å². The number of hydrogen-bond donors (Lipinski definition) is 1. The van der Waals surface area contributed by atoms with E-state index in [1.165, 1.54) is 28.4 Å². The molecule has 0 spiro atoms. The molecule has 0 aliphatic heterocycles. The summed E-state index contributed by atoms with van der Waals surface area (Å²) in [5.74, 6) is 1.85. The highest BCUT2D eigenvalue weighted by atomic mass is 32.2. The van der Waals surface area contributed by atoms with Crippen LogP contribution in [0.1, 0.15) is 48.2 Å². The topological polar surface area (TPSA) is 24.9 Å². The largest absolute Gasteiger partial charge is 0.315 e. The predicted molar refractivity (Wildman–Crippen MR) is 73.3 cm³/mol. The Kier molecular flexibility index (Phi) is 4.27. The molecule has 0 atom stereocenters. The summed E-state index contributed by atoms with van der Waals surface area (Å²) in [5.41, 5.74) is 1.39. The van der Waals surface area contributed by atoms with Crippen LogP contribution in [0, 0.1) is 0 Å². The van der Waals surface area contributed by atoms with Crippen molar-refractivity contribution in [3.63, 3.8) is 0 Å². The fourth-order valence-electron chi connectivity index (χ4n) is 1.68. The smallest absolute Gasteiger partial charge is 0.103 e. The van der Waals surface area contributed by atoms with Crippen molar-refractivity contribution in [3.05, 3.63) is 15.6 Å². The molecule has 90 valence electrons. The average molecular weight is 256 g/mol. The minimum absolute atomic E-state index is 0.695. The lowest BCUT2D eigenvalue weighted by molar-refractivity contribution is 0.812. The van der Waals surface area contributed by atoms with Crippen LogP contribution in [0.15, 0.2) is 0 Å². The first-order valence-electron chi connectivity index (χ1n) is 5.95. The van der Waals surface area contributed by atoms with Crippen LogP contribution >= 0.6 is 23.1 Å². The summed E-state index contributed by atoms with van der Waals surface area (Å²) in [6.07, 6.45) is 2.69. The van der Waals surface area contributed by atoms with E-state index < -0.39 is 0 Å². The van der Waals surface area contributed by atoms with Crippen LogP contribution in [-0.2, 0) is 12.3 Å². The van der Waals surface area contributed by atoms with Gasteiger partial charge in [0.15, 0.2) is 0 Å². The molecular formula is C12H20N2S2. The first kappa shape index (κ1) is 12.4. The predicted octanol–water partition coefficient (Wildman–Crippen LogP) is 3.38. The van der Waals surface area contributed by atoms with Gasteiger partial charge in [-0.3, -0.25) is 0 Å². The maximum Gasteiger partial charge on any atom is 0.103 e. The van der Waals surface area contributed by atoms with Crippen LogP contribution in [0.5, 0.6) is 0 Å². The molecule has 1 aromatic heterocycles. The van der Waals surface area contributed by atoms with Gasteiger partial charge in [0.05, 0.1) is 5.69 Å². The Balaban J connectivity index is 2.05. The molecule has 1 aliphatic carbocycles. The second-order valence-corrected chi connectivity index (χ2v) is 7.31. The maximum atomic E-state index is 4.82. The average Bonchev–Trinajstić information content (AvgIpc) is 2.99. The zero-order chi connectivity index (χ0) is 11.5. The zero-order valence-electron chi connectivity index (χ0n) is 10.2. The van der Waals surface area contributed by atoms with E-state index in [0.29, 0.717) is 5.25 Å². The molecule has 1 saturated carbocycles. The normalized spacial score (nSPS) is 16.0. The van der Waals surface area contributed by atoms with Gasteiger partial charge in [-0.1, -0.05) is 13.8 Å². The van der Waals surface area contributed by atoms with Gasteiger partial charge in [0.25, 0.3) is 0 Å². The molecule has 0 radical (unpaired) electrons. The molecule has 4 heteroatoms. The second kappa shape index (κ2) is 5.52. The quantitative estimate of drug-likeness (QED) is 0.844. The number of nitrogens with one attached hydrogen (secondary N) is 1. The number of hydrogen-bond acceptors (Lipinski definition) is 4. The first-order valence-corrected chi connectivity index (χ1v) is 7.82. The van der Waals surface area contributed by atoms with E-state index in [9.17, 15) is 0 Å². The summed E-state index contributed by atoms with van der Waals surface area (Å²) < 4.78 is 0. The van der Waals surface area contributed by atoms with E-state index in [1.54, 1.807) is 0 Å². The number of aromatic nitrogens is 1. The third-order valence-electron chi connectivity index (χ3n) is 2.61. The van der Waals surface area contributed by atoms with E-state index in [1.807, 2.05) is 30.1 Å². The van der Waals surface area contributed by atoms with Gasteiger partial charge < -0.3 is 5.32 Å². The first-order chi connectivity index (χ1) is 7.70. The molecule has 2 nitrogen and oxygen atoms in total. The number of thioether (sulfide) groups is 1. The molecule has 2 rings (SSSR count). The summed E-state index contributed by atoms with van der Waals surface area (Å²) in [6.45, 7) is 5.47. The van der Waals surface area contributed by atoms with Gasteiger partial charge >= 0.3 is 0 Å². The van der Waals surface area contributed by atoms with Crippen LogP contribution < -0.4 is 5.32 Å². The van der Waals surface area contributed by atoms with Crippen LogP contribution in [0.25, 0.3) is 0 Å². The molecular weight excluding hydrogens is 236 g/mol. The molecule has 1 heterocycles. The lowest BCUT2D eigenvalue weighted by atomic mass is 10.2. The lowest BCUT2D eigenvalue weighted by Gasteiger charge is -2.00. The van der Waals surface area contributed by atoms with E-state index in [0.717, 1.165) is 18.2 Å². The molecule has 1 aromatic rings. The fourth-order valence-corrected chi connectivity index (χ4v) is 3.62. The van der Waals surface area contributed by atoms with Crippen molar-refractivity contribution in [2.24, 2.45) is 0 Å². The molecule has 16 heavy (non-hydrogen) atoms. The molecule has 0 aromatic carbocycles. The van der Waals surface area contributed by atoms with Crippen LogP contribution in [0.3, 0.4) is 0 Å². The van der Waals surface area contributed by atoms with Crippen molar-refractivity contribution in [2.75, 3.05) is 7.05 Å². The Morgan fingerprint density at radius 3 is 2.81 bits per heavy atom. The molecule has 0 bridgehead atoms. The number of thiazole rings is 1. The second-order valence-electron chi connectivity index (χ2n) is 4.58. The number of rotatable bonds is 6. The Morgan fingerprint density at radius 2 is 2.25 bits per heavy atom. The van der Waals surface area contributed by atoms with Gasteiger partial charge in [0.1, 0.15) is 5.01 Å². The molecule has 1 aliphatic rings. The van der Waals surface area contributed by atoms with E-state index in [-0.39, 0.29) is 0 Å². The van der Waals surface area contributed by atoms with Gasteiger partial charge in [-0.2, -0.15) is 11.8 Å². The summed E-state index contributed by atoms with van der Waals surface area (Å²) in [5, 5.41) is 5.26. The molecule has 0 unspecified atom stereocenters. The third-order valence-corrected chi connectivity index (χ3v) is 4.97. The standard InChI is InChI=1S/C12H20N2S2/c1-8(2)15-7-11-14-12(9-4-5-9)10(16-11)6-13-3/h8-9,13H,4-7H2,1-3H3. The summed E-state index contributed by atoms with van der Waals surface area (Å²) in [6, 6.07) is 0. The Labute approximate surface area is 106 Å². The highest BCUT2D eigenvalue weighted by Gasteiger charge is 2.29. The summed E-state index contributed by atoms with van der Waals surface area (Å²) in [4.78, 5) is 6.28. The van der Waals surface area contributed by atoms with Crippen LogP contribution in [0.4, 0.5) is 0 Å². The van der Waals surface area contributed by atoms with Crippen molar-refractivity contribution in [1.82, 2.24) is 10.3 Å². The summed E-state index contributed by atoms with van der Waals surface area (Å²) in [7, 11) is 2.01. The van der Waals surface area contributed by atoms with E-state index >= 15 is 0 Å². The van der Waals surface area contributed by atoms with E-state index in [4.69, 9.17) is 4.98 Å².